The normalized spacial score (nSPS) is 17.6. The van der Waals surface area contributed by atoms with Gasteiger partial charge in [-0.25, -0.2) is 0 Å². The van der Waals surface area contributed by atoms with Gasteiger partial charge in [-0.15, -0.1) is 0 Å². The molecule has 2 atom stereocenters. The minimum absolute atomic E-state index is 0.0592. The van der Waals surface area contributed by atoms with Crippen LogP contribution in [0.5, 0.6) is 17.2 Å². The molecule has 0 saturated carbocycles. The highest BCUT2D eigenvalue weighted by molar-refractivity contribution is 6.00. The molecule has 1 aliphatic rings. The molecule has 0 aliphatic carbocycles. The minimum atomic E-state index is -0.0592. The molecule has 3 aromatic carbocycles. The van der Waals surface area contributed by atoms with Crippen LogP contribution in [0.1, 0.15) is 49.0 Å². The van der Waals surface area contributed by atoms with Crippen LogP contribution >= 0.6 is 0 Å². The van der Waals surface area contributed by atoms with Gasteiger partial charge in [0.25, 0.3) is 0 Å². The van der Waals surface area contributed by atoms with Gasteiger partial charge in [-0.2, -0.15) is 0 Å². The van der Waals surface area contributed by atoms with E-state index in [4.69, 9.17) is 23.7 Å². The molecule has 0 bridgehead atoms. The number of rotatable bonds is 10. The largest absolute Gasteiger partial charge is 0.496 e. The lowest BCUT2D eigenvalue weighted by Gasteiger charge is -2.35. The lowest BCUT2D eigenvalue weighted by molar-refractivity contribution is -0.0478. The second kappa shape index (κ2) is 10.9. The van der Waals surface area contributed by atoms with Crippen molar-refractivity contribution in [3.63, 3.8) is 0 Å². The van der Waals surface area contributed by atoms with Gasteiger partial charge in [0.1, 0.15) is 17.2 Å². The van der Waals surface area contributed by atoms with E-state index in [0.717, 1.165) is 59.3 Å². The standard InChI is InChI=1S/C28H34O5/c1-5-10-24-26-22(17-20(33-24)15-16-32-18-19-11-7-6-8-12-19)27(30-3)21-13-9-14-23(29-2)25(21)28(26)31-4/h6-9,11-14,20,24H,5,10,15-18H2,1-4H3/t20-,24-/m1/s1. The second-order valence-electron chi connectivity index (χ2n) is 8.41. The highest BCUT2D eigenvalue weighted by Gasteiger charge is 2.35. The highest BCUT2D eigenvalue weighted by atomic mass is 16.5. The molecule has 5 nitrogen and oxygen atoms in total. The number of hydrogen-bond acceptors (Lipinski definition) is 5. The topological polar surface area (TPSA) is 46.2 Å². The molecule has 5 heteroatoms. The molecule has 176 valence electrons. The minimum Gasteiger partial charge on any atom is -0.496 e. The SMILES string of the molecule is CCC[C@H]1O[C@H](CCOCc2ccccc2)Cc2c1c(OC)c1c(OC)cccc1c2OC. The molecule has 0 fully saturated rings. The Labute approximate surface area is 196 Å². The smallest absolute Gasteiger partial charge is 0.136 e. The Morgan fingerprint density at radius 2 is 1.67 bits per heavy atom. The zero-order valence-corrected chi connectivity index (χ0v) is 20.1. The molecule has 0 unspecified atom stereocenters. The number of ether oxygens (including phenoxy) is 5. The highest BCUT2D eigenvalue weighted by Crippen LogP contribution is 2.51. The maximum Gasteiger partial charge on any atom is 0.136 e. The third-order valence-electron chi connectivity index (χ3n) is 6.33. The van der Waals surface area contributed by atoms with Gasteiger partial charge in [0.2, 0.25) is 0 Å². The fourth-order valence-corrected chi connectivity index (χ4v) is 4.87. The first-order valence-electron chi connectivity index (χ1n) is 11.7. The van der Waals surface area contributed by atoms with Crippen LogP contribution in [0.4, 0.5) is 0 Å². The summed E-state index contributed by atoms with van der Waals surface area (Å²) in [6.07, 6.45) is 3.51. The van der Waals surface area contributed by atoms with E-state index in [1.54, 1.807) is 21.3 Å². The summed E-state index contributed by atoms with van der Waals surface area (Å²) in [6, 6.07) is 16.3. The Morgan fingerprint density at radius 3 is 2.36 bits per heavy atom. The van der Waals surface area contributed by atoms with Gasteiger partial charge in [0.05, 0.1) is 45.5 Å². The van der Waals surface area contributed by atoms with Crippen molar-refractivity contribution in [1.82, 2.24) is 0 Å². The first-order valence-corrected chi connectivity index (χ1v) is 11.7. The number of hydrogen-bond donors (Lipinski definition) is 0. The monoisotopic (exact) mass is 450 g/mol. The summed E-state index contributed by atoms with van der Waals surface area (Å²) >= 11 is 0. The van der Waals surface area contributed by atoms with Crippen molar-refractivity contribution in [3.05, 3.63) is 65.2 Å². The molecule has 1 heterocycles. The van der Waals surface area contributed by atoms with E-state index in [-0.39, 0.29) is 12.2 Å². The van der Waals surface area contributed by atoms with Crippen LogP contribution in [0, 0.1) is 0 Å². The maximum atomic E-state index is 6.61. The summed E-state index contributed by atoms with van der Waals surface area (Å²) in [5, 5.41) is 1.94. The van der Waals surface area contributed by atoms with E-state index in [9.17, 15) is 0 Å². The zero-order chi connectivity index (χ0) is 23.2. The third-order valence-corrected chi connectivity index (χ3v) is 6.33. The summed E-state index contributed by atoms with van der Waals surface area (Å²) in [7, 11) is 5.15. The van der Waals surface area contributed by atoms with Crippen LogP contribution in [-0.4, -0.2) is 34.0 Å². The molecule has 3 aromatic rings. The predicted octanol–water partition coefficient (Wildman–Crippen LogP) is 6.26. The molecule has 0 amide bonds. The van der Waals surface area contributed by atoms with Crippen molar-refractivity contribution >= 4 is 10.8 Å². The molecule has 0 saturated heterocycles. The van der Waals surface area contributed by atoms with Crippen LogP contribution in [0.15, 0.2) is 48.5 Å². The van der Waals surface area contributed by atoms with Gasteiger partial charge in [0, 0.05) is 29.5 Å². The van der Waals surface area contributed by atoms with E-state index in [1.807, 2.05) is 30.3 Å². The Bertz CT molecular complexity index is 1060. The summed E-state index contributed by atoms with van der Waals surface area (Å²) in [6.45, 7) is 3.44. The Hall–Kier alpha value is -2.76. The maximum absolute atomic E-state index is 6.61. The molecule has 4 rings (SSSR count). The molecular formula is C28H34O5. The van der Waals surface area contributed by atoms with Crippen molar-refractivity contribution < 1.29 is 23.7 Å². The van der Waals surface area contributed by atoms with Crippen LogP contribution in [0.3, 0.4) is 0 Å². The van der Waals surface area contributed by atoms with Gasteiger partial charge in [-0.05, 0) is 24.5 Å². The first-order chi connectivity index (χ1) is 16.2. The Kier molecular flexibility index (Phi) is 7.73. The van der Waals surface area contributed by atoms with E-state index in [0.29, 0.717) is 13.2 Å². The molecule has 0 N–H and O–H groups in total. The van der Waals surface area contributed by atoms with Gasteiger partial charge in [-0.1, -0.05) is 55.8 Å². The molecule has 33 heavy (non-hydrogen) atoms. The average Bonchev–Trinajstić information content (AvgIpc) is 2.85. The third kappa shape index (κ3) is 4.80. The molecule has 0 aromatic heterocycles. The second-order valence-corrected chi connectivity index (χ2v) is 8.41. The van der Waals surface area contributed by atoms with E-state index < -0.39 is 0 Å². The quantitative estimate of drug-likeness (QED) is 0.341. The number of methoxy groups -OCH3 is 3. The molecule has 0 spiro atoms. The molecule has 1 aliphatic heterocycles. The van der Waals surface area contributed by atoms with Crippen molar-refractivity contribution in [2.24, 2.45) is 0 Å². The summed E-state index contributed by atoms with van der Waals surface area (Å²) in [5.41, 5.74) is 3.45. The lowest BCUT2D eigenvalue weighted by Crippen LogP contribution is -2.28. The molecule has 0 radical (unpaired) electrons. The fourth-order valence-electron chi connectivity index (χ4n) is 4.87. The van der Waals surface area contributed by atoms with Crippen LogP contribution in [0.25, 0.3) is 10.8 Å². The lowest BCUT2D eigenvalue weighted by atomic mass is 9.86. The predicted molar refractivity (Wildman–Crippen MR) is 131 cm³/mol. The van der Waals surface area contributed by atoms with Crippen LogP contribution < -0.4 is 14.2 Å². The van der Waals surface area contributed by atoms with E-state index in [1.165, 1.54) is 11.1 Å². The van der Waals surface area contributed by atoms with Crippen molar-refractivity contribution in [2.75, 3.05) is 27.9 Å². The van der Waals surface area contributed by atoms with Crippen molar-refractivity contribution in [3.8, 4) is 17.2 Å². The molecular weight excluding hydrogens is 416 g/mol. The number of fused-ring (bicyclic) bond motifs is 2. The number of benzene rings is 3. The van der Waals surface area contributed by atoms with Crippen molar-refractivity contribution in [1.29, 1.82) is 0 Å². The summed E-state index contributed by atoms with van der Waals surface area (Å²) in [4.78, 5) is 0. The Morgan fingerprint density at radius 1 is 0.879 bits per heavy atom. The summed E-state index contributed by atoms with van der Waals surface area (Å²) in [5.74, 6) is 2.49. The van der Waals surface area contributed by atoms with Crippen LogP contribution in [0.2, 0.25) is 0 Å². The van der Waals surface area contributed by atoms with Gasteiger partial charge in [0.15, 0.2) is 0 Å². The van der Waals surface area contributed by atoms with Gasteiger partial charge in [-0.3, -0.25) is 0 Å². The Balaban J connectivity index is 1.65. The average molecular weight is 451 g/mol. The van der Waals surface area contributed by atoms with Gasteiger partial charge < -0.3 is 23.7 Å². The van der Waals surface area contributed by atoms with E-state index in [2.05, 4.69) is 25.1 Å². The fraction of sp³-hybridized carbons (Fsp3) is 0.429. The van der Waals surface area contributed by atoms with Crippen LogP contribution in [-0.2, 0) is 22.5 Å². The van der Waals surface area contributed by atoms with Gasteiger partial charge >= 0.3 is 0 Å². The first kappa shape index (κ1) is 23.4. The zero-order valence-electron chi connectivity index (χ0n) is 20.1. The van der Waals surface area contributed by atoms with E-state index >= 15 is 0 Å². The summed E-state index contributed by atoms with van der Waals surface area (Å²) < 4.78 is 30.2. The van der Waals surface area contributed by atoms with Crippen molar-refractivity contribution in [2.45, 2.75) is 51.4 Å².